The molecule has 21 heavy (non-hydrogen) atoms. The number of carbonyl (C=O) groups excluding carboxylic acids is 2. The fraction of sp³-hybridized carbons (Fsp3) is 0.786. The number of nitrogens with two attached hydrogens (primary N) is 1. The molecule has 7 nitrogen and oxygen atoms in total. The van der Waals surface area contributed by atoms with Crippen LogP contribution in [0.5, 0.6) is 0 Å². The fourth-order valence-corrected chi connectivity index (χ4v) is 3.61. The van der Waals surface area contributed by atoms with Crippen LogP contribution in [0.2, 0.25) is 0 Å². The van der Waals surface area contributed by atoms with Crippen LogP contribution < -0.4 is 11.1 Å². The number of carboxylic acids is 1. The Morgan fingerprint density at radius 1 is 1.33 bits per heavy atom. The smallest absolute Gasteiger partial charge is 0.326 e. The average molecular weight is 298 g/mol. The number of hydrogen-bond donors (Lipinski definition) is 3. The predicted octanol–water partition coefficient (Wildman–Crippen LogP) is -0.118. The Balaban J connectivity index is 1.92. The highest BCUT2D eigenvalue weighted by Gasteiger charge is 2.49. The highest BCUT2D eigenvalue weighted by Crippen LogP contribution is 2.47. The molecule has 0 aliphatic heterocycles. The maximum absolute atomic E-state index is 12.3. The molecule has 5 unspecified atom stereocenters. The van der Waals surface area contributed by atoms with Crippen LogP contribution in [-0.4, -0.2) is 42.1 Å². The minimum atomic E-state index is -1.15. The third-order valence-electron chi connectivity index (χ3n) is 4.76. The molecule has 2 aliphatic carbocycles. The highest BCUT2D eigenvalue weighted by molar-refractivity contribution is 5.86. The van der Waals surface area contributed by atoms with Crippen molar-refractivity contribution < 1.29 is 24.2 Å². The molecule has 0 aromatic heterocycles. The molecule has 2 saturated carbocycles. The summed E-state index contributed by atoms with van der Waals surface area (Å²) in [5.41, 5.74) is 6.08. The lowest BCUT2D eigenvalue weighted by Crippen LogP contribution is -2.50. The average Bonchev–Trinajstić information content (AvgIpc) is 3.03. The van der Waals surface area contributed by atoms with Gasteiger partial charge in [0.15, 0.2) is 0 Å². The first-order valence-electron chi connectivity index (χ1n) is 7.29. The zero-order valence-electron chi connectivity index (χ0n) is 12.1. The van der Waals surface area contributed by atoms with Crippen molar-refractivity contribution in [1.29, 1.82) is 0 Å². The maximum Gasteiger partial charge on any atom is 0.326 e. The summed E-state index contributed by atoms with van der Waals surface area (Å²) in [4.78, 5) is 34.6. The molecule has 2 bridgehead atoms. The molecule has 118 valence electrons. The van der Waals surface area contributed by atoms with Crippen molar-refractivity contribution in [3.8, 4) is 0 Å². The molecule has 0 saturated heterocycles. The fourth-order valence-electron chi connectivity index (χ4n) is 3.61. The van der Waals surface area contributed by atoms with Crippen LogP contribution in [0.25, 0.3) is 0 Å². The first kappa shape index (κ1) is 15.8. The Morgan fingerprint density at radius 2 is 2.00 bits per heavy atom. The number of rotatable bonds is 6. The number of fused-ring (bicyclic) bond motifs is 2. The minimum Gasteiger partial charge on any atom is -0.480 e. The Labute approximate surface area is 123 Å². The molecule has 0 spiro atoms. The molecular formula is C14H22N2O5. The van der Waals surface area contributed by atoms with E-state index < -0.39 is 18.0 Å². The van der Waals surface area contributed by atoms with E-state index in [-0.39, 0.29) is 36.6 Å². The molecule has 0 aromatic carbocycles. The van der Waals surface area contributed by atoms with Crippen LogP contribution in [0.4, 0.5) is 0 Å². The first-order chi connectivity index (χ1) is 9.93. The van der Waals surface area contributed by atoms with Gasteiger partial charge in [0.1, 0.15) is 6.04 Å². The number of esters is 1. The van der Waals surface area contributed by atoms with Gasteiger partial charge in [-0.15, -0.1) is 0 Å². The first-order valence-corrected chi connectivity index (χ1v) is 7.29. The molecule has 1 amide bonds. The van der Waals surface area contributed by atoms with Crippen molar-refractivity contribution in [2.45, 2.75) is 44.2 Å². The van der Waals surface area contributed by atoms with Crippen molar-refractivity contribution in [2.24, 2.45) is 23.5 Å². The van der Waals surface area contributed by atoms with Gasteiger partial charge in [-0.1, -0.05) is 0 Å². The number of nitrogens with one attached hydrogen (secondary N) is 1. The number of ether oxygens (including phenoxy) is 1. The van der Waals surface area contributed by atoms with Gasteiger partial charge in [-0.25, -0.2) is 4.79 Å². The molecule has 0 aromatic rings. The van der Waals surface area contributed by atoms with Gasteiger partial charge >= 0.3 is 11.9 Å². The lowest BCUT2D eigenvalue weighted by atomic mass is 9.84. The standard InChI is InChI=1S/C14H22N2O5/c1-21-10(17)5-4-9(14(19)20)16-13(18)11-7-2-3-8(6-7)12(11)15/h7-9,11-12H,2-6,15H2,1H3,(H,16,18)(H,19,20). The van der Waals surface area contributed by atoms with E-state index in [1.165, 1.54) is 7.11 Å². The number of aliphatic carboxylic acids is 1. The van der Waals surface area contributed by atoms with E-state index in [4.69, 9.17) is 10.8 Å². The number of methoxy groups -OCH3 is 1. The van der Waals surface area contributed by atoms with Crippen LogP contribution in [0.15, 0.2) is 0 Å². The lowest BCUT2D eigenvalue weighted by Gasteiger charge is -2.28. The van der Waals surface area contributed by atoms with E-state index in [1.54, 1.807) is 0 Å². The highest BCUT2D eigenvalue weighted by atomic mass is 16.5. The Morgan fingerprint density at radius 3 is 2.52 bits per heavy atom. The van der Waals surface area contributed by atoms with Crippen LogP contribution in [-0.2, 0) is 19.1 Å². The van der Waals surface area contributed by atoms with Crippen molar-refractivity contribution >= 4 is 17.8 Å². The molecule has 2 aliphatic rings. The molecule has 2 fully saturated rings. The SMILES string of the molecule is COC(=O)CCC(NC(=O)C1C2CCC(C2)C1N)C(=O)O. The number of amides is 1. The summed E-state index contributed by atoms with van der Waals surface area (Å²) in [6, 6.07) is -1.26. The second kappa shape index (κ2) is 6.43. The number of carboxylic acid groups (broad SMARTS) is 1. The molecule has 2 rings (SSSR count). The van der Waals surface area contributed by atoms with Crippen LogP contribution >= 0.6 is 0 Å². The topological polar surface area (TPSA) is 119 Å². The monoisotopic (exact) mass is 298 g/mol. The second-order valence-electron chi connectivity index (χ2n) is 5.95. The van der Waals surface area contributed by atoms with Crippen molar-refractivity contribution in [3.63, 3.8) is 0 Å². The van der Waals surface area contributed by atoms with Crippen LogP contribution in [0, 0.1) is 17.8 Å². The number of carbonyl (C=O) groups is 3. The van der Waals surface area contributed by atoms with Gasteiger partial charge in [0.25, 0.3) is 0 Å². The summed E-state index contributed by atoms with van der Waals surface area (Å²) >= 11 is 0. The van der Waals surface area contributed by atoms with Crippen molar-refractivity contribution in [1.82, 2.24) is 5.32 Å². The van der Waals surface area contributed by atoms with Crippen LogP contribution in [0.1, 0.15) is 32.1 Å². The lowest BCUT2D eigenvalue weighted by molar-refractivity contribution is -0.145. The summed E-state index contributed by atoms with van der Waals surface area (Å²) < 4.78 is 4.48. The van der Waals surface area contributed by atoms with E-state index in [0.29, 0.717) is 5.92 Å². The molecule has 0 radical (unpaired) electrons. The summed E-state index contributed by atoms with van der Waals surface area (Å²) in [6.45, 7) is 0. The third kappa shape index (κ3) is 3.34. The van der Waals surface area contributed by atoms with Gasteiger partial charge in [-0.05, 0) is 37.5 Å². The van der Waals surface area contributed by atoms with E-state index in [1.807, 2.05) is 0 Å². The zero-order valence-corrected chi connectivity index (χ0v) is 12.1. The van der Waals surface area contributed by atoms with E-state index in [0.717, 1.165) is 19.3 Å². The van der Waals surface area contributed by atoms with E-state index in [9.17, 15) is 14.4 Å². The molecule has 7 heteroatoms. The summed E-state index contributed by atoms with van der Waals surface area (Å²) in [7, 11) is 1.24. The Bertz CT molecular complexity index is 437. The summed E-state index contributed by atoms with van der Waals surface area (Å²) in [6.07, 6.45) is 2.97. The third-order valence-corrected chi connectivity index (χ3v) is 4.76. The summed E-state index contributed by atoms with van der Waals surface area (Å²) in [5, 5.41) is 11.7. The Hall–Kier alpha value is -1.63. The zero-order chi connectivity index (χ0) is 15.6. The Kier molecular flexibility index (Phi) is 4.82. The van der Waals surface area contributed by atoms with Gasteiger partial charge in [0.2, 0.25) is 5.91 Å². The molecule has 4 N–H and O–H groups in total. The normalized spacial score (nSPS) is 31.7. The molecular weight excluding hydrogens is 276 g/mol. The minimum absolute atomic E-state index is 0.0177. The van der Waals surface area contributed by atoms with Gasteiger partial charge < -0.3 is 20.9 Å². The van der Waals surface area contributed by atoms with Crippen molar-refractivity contribution in [2.75, 3.05) is 7.11 Å². The predicted molar refractivity (Wildman–Crippen MR) is 73.1 cm³/mol. The van der Waals surface area contributed by atoms with Gasteiger partial charge in [-0.3, -0.25) is 9.59 Å². The second-order valence-corrected chi connectivity index (χ2v) is 5.95. The summed E-state index contributed by atoms with van der Waals surface area (Å²) in [5.74, 6) is -1.60. The van der Waals surface area contributed by atoms with Crippen molar-refractivity contribution in [3.05, 3.63) is 0 Å². The molecule has 5 atom stereocenters. The van der Waals surface area contributed by atoms with Gasteiger partial charge in [0.05, 0.1) is 13.0 Å². The van der Waals surface area contributed by atoms with Gasteiger partial charge in [0, 0.05) is 12.5 Å². The maximum atomic E-state index is 12.3. The van der Waals surface area contributed by atoms with E-state index >= 15 is 0 Å². The quantitative estimate of drug-likeness (QED) is 0.588. The largest absolute Gasteiger partial charge is 0.480 e. The number of hydrogen-bond acceptors (Lipinski definition) is 5. The molecule has 0 heterocycles. The van der Waals surface area contributed by atoms with E-state index in [2.05, 4.69) is 10.1 Å². The van der Waals surface area contributed by atoms with Gasteiger partial charge in [-0.2, -0.15) is 0 Å². The van der Waals surface area contributed by atoms with Crippen LogP contribution in [0.3, 0.4) is 0 Å².